The Morgan fingerprint density at radius 1 is 1.00 bits per heavy atom. The van der Waals surface area contributed by atoms with Crippen LogP contribution in [0.4, 0.5) is 17.2 Å². The molecule has 20 heavy (non-hydrogen) atoms. The number of nitrogens with one attached hydrogen (secondary N) is 1. The maximum Gasteiger partial charge on any atom is 0.274 e. The van der Waals surface area contributed by atoms with Gasteiger partial charge < -0.3 is 10.6 Å². The number of piperazine rings is 1. The van der Waals surface area contributed by atoms with Crippen molar-refractivity contribution in [2.75, 3.05) is 41.7 Å². The summed E-state index contributed by atoms with van der Waals surface area (Å²) >= 11 is 6.05. The Hall–Kier alpha value is -1.94. The topological polar surface area (TPSA) is 46.6 Å². The summed E-state index contributed by atoms with van der Waals surface area (Å²) < 4.78 is 0. The first-order chi connectivity index (χ1) is 9.72. The lowest BCUT2D eigenvalue weighted by Gasteiger charge is -2.32. The van der Waals surface area contributed by atoms with Crippen LogP contribution >= 0.6 is 11.6 Å². The number of nitrogens with zero attached hydrogens (tertiary/aromatic N) is 2. The third-order valence-corrected chi connectivity index (χ3v) is 3.85. The molecule has 104 valence electrons. The molecule has 0 spiro atoms. The van der Waals surface area contributed by atoms with Gasteiger partial charge in [0.1, 0.15) is 19.3 Å². The van der Waals surface area contributed by atoms with Gasteiger partial charge in [-0.25, -0.2) is 4.98 Å². The van der Waals surface area contributed by atoms with E-state index in [2.05, 4.69) is 20.9 Å². The van der Waals surface area contributed by atoms with Crippen LogP contribution in [-0.4, -0.2) is 26.2 Å². The minimum atomic E-state index is 0.756. The van der Waals surface area contributed by atoms with Gasteiger partial charge in [-0.3, -0.25) is 4.90 Å². The van der Waals surface area contributed by atoms with Gasteiger partial charge in [0.2, 0.25) is 0 Å². The molecule has 2 heterocycles. The molecular formula is C15H18ClN4+. The summed E-state index contributed by atoms with van der Waals surface area (Å²) in [5.41, 5.74) is 7.65. The van der Waals surface area contributed by atoms with Crippen LogP contribution in [0.15, 0.2) is 42.6 Å². The molecule has 1 aliphatic heterocycles. The number of benzene rings is 1. The minimum absolute atomic E-state index is 0.756. The zero-order valence-corrected chi connectivity index (χ0v) is 12.0. The highest BCUT2D eigenvalue weighted by Crippen LogP contribution is 2.21. The first-order valence-electron chi connectivity index (χ1n) is 6.75. The second-order valence-corrected chi connectivity index (χ2v) is 5.40. The molecule has 0 aliphatic carbocycles. The van der Waals surface area contributed by atoms with E-state index in [-0.39, 0.29) is 0 Å². The second-order valence-electron chi connectivity index (χ2n) is 4.96. The number of aromatic amines is 1. The van der Waals surface area contributed by atoms with Gasteiger partial charge in [-0.1, -0.05) is 17.7 Å². The largest absolute Gasteiger partial charge is 0.396 e. The molecule has 5 heteroatoms. The fourth-order valence-electron chi connectivity index (χ4n) is 2.50. The predicted molar refractivity (Wildman–Crippen MR) is 83.3 cm³/mol. The predicted octanol–water partition coefficient (Wildman–Crippen LogP) is 2.06. The number of anilines is 3. The number of hydrogen-bond acceptors (Lipinski definition) is 3. The molecule has 0 unspecified atom stereocenters. The average Bonchev–Trinajstić information content (AvgIpc) is 2.48. The number of H-pyrrole nitrogens is 1. The number of hydrogen-bond donors (Lipinski definition) is 1. The number of nitrogen functional groups attached to an aromatic ring is 1. The van der Waals surface area contributed by atoms with Crippen molar-refractivity contribution in [3.63, 3.8) is 0 Å². The van der Waals surface area contributed by atoms with Crippen molar-refractivity contribution in [3.8, 4) is 0 Å². The number of rotatable bonds is 2. The Bertz CT molecular complexity index is 577. The van der Waals surface area contributed by atoms with E-state index in [0.717, 1.165) is 42.7 Å². The second kappa shape index (κ2) is 5.59. The van der Waals surface area contributed by atoms with Crippen molar-refractivity contribution in [2.45, 2.75) is 0 Å². The van der Waals surface area contributed by atoms with Gasteiger partial charge in [0.05, 0.1) is 18.8 Å². The lowest BCUT2D eigenvalue weighted by atomic mass is 10.2. The molecule has 0 amide bonds. The summed E-state index contributed by atoms with van der Waals surface area (Å²) in [5, 5.41) is 0.789. The first kappa shape index (κ1) is 13.1. The Kier molecular flexibility index (Phi) is 3.65. The van der Waals surface area contributed by atoms with Crippen LogP contribution in [0.25, 0.3) is 0 Å². The van der Waals surface area contributed by atoms with Crippen LogP contribution in [0.3, 0.4) is 0 Å². The van der Waals surface area contributed by atoms with Crippen molar-refractivity contribution in [1.82, 2.24) is 0 Å². The Morgan fingerprint density at radius 3 is 2.40 bits per heavy atom. The van der Waals surface area contributed by atoms with Crippen molar-refractivity contribution in [2.24, 2.45) is 0 Å². The van der Waals surface area contributed by atoms with E-state index in [1.807, 2.05) is 36.5 Å². The molecule has 3 N–H and O–H groups in total. The van der Waals surface area contributed by atoms with E-state index in [9.17, 15) is 0 Å². The average molecular weight is 290 g/mol. The standard InChI is InChI=1S/C15H17ClN4/c16-12-2-1-3-14(10-12)19-6-8-20(9-7-19)15-5-4-13(17)11-18-15/h1-5,10-11H,6-9,17H2/p+1. The van der Waals surface area contributed by atoms with Crippen LogP contribution in [0.2, 0.25) is 5.02 Å². The summed E-state index contributed by atoms with van der Waals surface area (Å²) in [4.78, 5) is 7.93. The summed E-state index contributed by atoms with van der Waals surface area (Å²) in [6.07, 6.45) is 1.83. The summed E-state index contributed by atoms with van der Waals surface area (Å²) in [7, 11) is 0. The van der Waals surface area contributed by atoms with Crippen LogP contribution in [-0.2, 0) is 0 Å². The maximum absolute atomic E-state index is 6.05. The third-order valence-electron chi connectivity index (χ3n) is 3.61. The van der Waals surface area contributed by atoms with Crippen molar-refractivity contribution in [1.29, 1.82) is 0 Å². The zero-order chi connectivity index (χ0) is 13.9. The van der Waals surface area contributed by atoms with Crippen molar-refractivity contribution < 1.29 is 4.98 Å². The molecule has 0 saturated carbocycles. The van der Waals surface area contributed by atoms with Gasteiger partial charge in [-0.05, 0) is 24.3 Å². The molecule has 2 aromatic rings. The summed E-state index contributed by atoms with van der Waals surface area (Å²) in [5.74, 6) is 1.12. The van der Waals surface area contributed by atoms with Crippen LogP contribution in [0.5, 0.6) is 0 Å². The minimum Gasteiger partial charge on any atom is -0.396 e. The Balaban J connectivity index is 1.66. The molecule has 1 saturated heterocycles. The van der Waals surface area contributed by atoms with E-state index in [0.29, 0.717) is 0 Å². The highest BCUT2D eigenvalue weighted by molar-refractivity contribution is 6.30. The van der Waals surface area contributed by atoms with Crippen LogP contribution in [0, 0.1) is 0 Å². The fourth-order valence-corrected chi connectivity index (χ4v) is 2.69. The lowest BCUT2D eigenvalue weighted by Crippen LogP contribution is -2.48. The zero-order valence-electron chi connectivity index (χ0n) is 11.2. The molecule has 1 aromatic carbocycles. The van der Waals surface area contributed by atoms with Gasteiger partial charge in [-0.2, -0.15) is 0 Å². The van der Waals surface area contributed by atoms with E-state index in [1.54, 1.807) is 0 Å². The molecule has 0 radical (unpaired) electrons. The number of pyridine rings is 1. The molecule has 1 aromatic heterocycles. The van der Waals surface area contributed by atoms with Gasteiger partial charge in [0.25, 0.3) is 5.82 Å². The molecule has 3 rings (SSSR count). The molecular weight excluding hydrogens is 272 g/mol. The number of nitrogens with two attached hydrogens (primary N) is 1. The quantitative estimate of drug-likeness (QED) is 0.920. The smallest absolute Gasteiger partial charge is 0.274 e. The first-order valence-corrected chi connectivity index (χ1v) is 7.13. The van der Waals surface area contributed by atoms with Crippen LogP contribution in [0.1, 0.15) is 0 Å². The van der Waals surface area contributed by atoms with Crippen LogP contribution < -0.4 is 20.5 Å². The van der Waals surface area contributed by atoms with Crippen molar-refractivity contribution >= 4 is 28.8 Å². The molecule has 4 nitrogen and oxygen atoms in total. The highest BCUT2D eigenvalue weighted by atomic mass is 35.5. The number of aromatic nitrogens is 1. The highest BCUT2D eigenvalue weighted by Gasteiger charge is 2.23. The van der Waals surface area contributed by atoms with E-state index in [4.69, 9.17) is 17.3 Å². The van der Waals surface area contributed by atoms with Gasteiger partial charge >= 0.3 is 0 Å². The Labute approximate surface area is 123 Å². The third kappa shape index (κ3) is 2.80. The molecule has 0 bridgehead atoms. The molecule has 1 fully saturated rings. The van der Waals surface area contributed by atoms with E-state index in [1.165, 1.54) is 5.69 Å². The number of halogens is 1. The normalized spacial score (nSPS) is 15.4. The van der Waals surface area contributed by atoms with E-state index >= 15 is 0 Å². The van der Waals surface area contributed by atoms with Gasteiger partial charge in [0.15, 0.2) is 0 Å². The van der Waals surface area contributed by atoms with Gasteiger partial charge in [0, 0.05) is 16.8 Å². The van der Waals surface area contributed by atoms with Gasteiger partial charge in [-0.15, -0.1) is 0 Å². The lowest BCUT2D eigenvalue weighted by molar-refractivity contribution is -0.363. The SMILES string of the molecule is Nc1ccc(N2CCN(c3cccc(Cl)c3)CC2)[nH+]c1. The molecule has 0 atom stereocenters. The van der Waals surface area contributed by atoms with E-state index < -0.39 is 0 Å². The van der Waals surface area contributed by atoms with Crippen molar-refractivity contribution in [3.05, 3.63) is 47.6 Å². The summed E-state index contributed by atoms with van der Waals surface area (Å²) in [6, 6.07) is 12.0. The maximum atomic E-state index is 6.05. The molecule has 1 aliphatic rings. The summed E-state index contributed by atoms with van der Waals surface area (Å²) in [6.45, 7) is 3.93. The fraction of sp³-hybridized carbons (Fsp3) is 0.267. The Morgan fingerprint density at radius 2 is 1.75 bits per heavy atom. The monoisotopic (exact) mass is 289 g/mol.